The molecule has 0 radical (unpaired) electrons. The molecule has 0 fully saturated rings. The molecule has 1 aliphatic heterocycles. The Morgan fingerprint density at radius 3 is 3.11 bits per heavy atom. The highest BCUT2D eigenvalue weighted by molar-refractivity contribution is 5.82. The van der Waals surface area contributed by atoms with Crippen molar-refractivity contribution in [1.29, 1.82) is 0 Å². The molecule has 1 N–H and O–H groups in total. The van der Waals surface area contributed by atoms with Crippen molar-refractivity contribution in [2.45, 2.75) is 19.9 Å². The lowest BCUT2D eigenvalue weighted by Crippen LogP contribution is -2.42. The Kier molecular flexibility index (Phi) is 4.44. The van der Waals surface area contributed by atoms with E-state index in [1.807, 2.05) is 18.2 Å². The molecule has 2 rings (SSSR count). The standard InChI is InChI=1S/C15H20N2O2/c1-3-19-15(18)9-6-10-17-12(2)11-16-13-7-4-5-8-14(13)17/h4-9,12,16H,3,10-11H2,1-2H3/b9-6+. The van der Waals surface area contributed by atoms with Crippen LogP contribution in [-0.2, 0) is 9.53 Å². The molecule has 1 heterocycles. The average molecular weight is 260 g/mol. The van der Waals surface area contributed by atoms with E-state index in [-0.39, 0.29) is 5.97 Å². The number of nitrogens with zero attached hydrogens (tertiary/aromatic N) is 1. The van der Waals surface area contributed by atoms with E-state index in [9.17, 15) is 4.79 Å². The van der Waals surface area contributed by atoms with Gasteiger partial charge in [0.15, 0.2) is 0 Å². The fourth-order valence-corrected chi connectivity index (χ4v) is 2.21. The molecule has 4 heteroatoms. The molecule has 4 nitrogen and oxygen atoms in total. The molecule has 0 saturated carbocycles. The van der Waals surface area contributed by atoms with Crippen molar-refractivity contribution >= 4 is 17.3 Å². The number of nitrogens with one attached hydrogen (secondary N) is 1. The minimum atomic E-state index is -0.279. The molecule has 0 bridgehead atoms. The maximum Gasteiger partial charge on any atom is 0.330 e. The highest BCUT2D eigenvalue weighted by Gasteiger charge is 2.20. The van der Waals surface area contributed by atoms with Crippen LogP contribution in [0.1, 0.15) is 13.8 Å². The van der Waals surface area contributed by atoms with Crippen LogP contribution in [0.2, 0.25) is 0 Å². The lowest BCUT2D eigenvalue weighted by Gasteiger charge is -2.37. The van der Waals surface area contributed by atoms with Crippen molar-refractivity contribution in [3.63, 3.8) is 0 Å². The van der Waals surface area contributed by atoms with E-state index in [0.717, 1.165) is 12.2 Å². The third-order valence-corrected chi connectivity index (χ3v) is 3.18. The molecule has 102 valence electrons. The first-order valence-corrected chi connectivity index (χ1v) is 6.65. The zero-order valence-electron chi connectivity index (χ0n) is 11.4. The van der Waals surface area contributed by atoms with Gasteiger partial charge in [-0.3, -0.25) is 0 Å². The molecule has 0 aromatic heterocycles. The number of ether oxygens (including phenoxy) is 1. The van der Waals surface area contributed by atoms with Gasteiger partial charge < -0.3 is 15.0 Å². The Bertz CT molecular complexity index is 471. The van der Waals surface area contributed by atoms with Crippen LogP contribution in [0.3, 0.4) is 0 Å². The number of anilines is 2. The highest BCUT2D eigenvalue weighted by atomic mass is 16.5. The van der Waals surface area contributed by atoms with E-state index in [1.54, 1.807) is 6.92 Å². The first kappa shape index (κ1) is 13.5. The largest absolute Gasteiger partial charge is 0.463 e. The molecule has 1 aromatic rings. The van der Waals surface area contributed by atoms with Crippen molar-refractivity contribution in [1.82, 2.24) is 0 Å². The predicted octanol–water partition coefficient (Wildman–Crippen LogP) is 2.43. The van der Waals surface area contributed by atoms with Gasteiger partial charge in [-0.25, -0.2) is 4.79 Å². The van der Waals surface area contributed by atoms with E-state index in [1.165, 1.54) is 11.8 Å². The summed E-state index contributed by atoms with van der Waals surface area (Å²) in [7, 11) is 0. The van der Waals surface area contributed by atoms with Gasteiger partial charge in [0, 0.05) is 25.2 Å². The predicted molar refractivity (Wildman–Crippen MR) is 77.5 cm³/mol. The lowest BCUT2D eigenvalue weighted by molar-refractivity contribution is -0.137. The second kappa shape index (κ2) is 6.27. The molecule has 1 aliphatic rings. The number of carbonyl (C=O) groups excluding carboxylic acids is 1. The quantitative estimate of drug-likeness (QED) is 0.667. The Balaban J connectivity index is 2.05. The van der Waals surface area contributed by atoms with Crippen molar-refractivity contribution in [2.75, 3.05) is 29.9 Å². The zero-order chi connectivity index (χ0) is 13.7. The molecule has 0 saturated heterocycles. The van der Waals surface area contributed by atoms with Gasteiger partial charge >= 0.3 is 5.97 Å². The summed E-state index contributed by atoms with van der Waals surface area (Å²) in [5.74, 6) is -0.279. The van der Waals surface area contributed by atoms with Crippen LogP contribution in [0, 0.1) is 0 Å². The van der Waals surface area contributed by atoms with Gasteiger partial charge in [0.1, 0.15) is 0 Å². The van der Waals surface area contributed by atoms with E-state index in [0.29, 0.717) is 19.2 Å². The molecule has 0 amide bonds. The summed E-state index contributed by atoms with van der Waals surface area (Å²) in [6.07, 6.45) is 3.36. The van der Waals surface area contributed by atoms with Crippen molar-refractivity contribution in [3.8, 4) is 0 Å². The van der Waals surface area contributed by atoms with Crippen LogP contribution in [-0.4, -0.2) is 31.7 Å². The summed E-state index contributed by atoms with van der Waals surface area (Å²) >= 11 is 0. The fourth-order valence-electron chi connectivity index (χ4n) is 2.21. The van der Waals surface area contributed by atoms with Crippen LogP contribution in [0.5, 0.6) is 0 Å². The first-order chi connectivity index (χ1) is 9.22. The summed E-state index contributed by atoms with van der Waals surface area (Å²) in [5, 5.41) is 3.40. The van der Waals surface area contributed by atoms with Crippen LogP contribution >= 0.6 is 0 Å². The summed E-state index contributed by atoms with van der Waals surface area (Å²) in [4.78, 5) is 13.6. The molecule has 1 unspecified atom stereocenters. The van der Waals surface area contributed by atoms with Gasteiger partial charge in [-0.15, -0.1) is 0 Å². The Labute approximate surface area is 114 Å². The normalized spacial score (nSPS) is 18.0. The maximum absolute atomic E-state index is 11.3. The summed E-state index contributed by atoms with van der Waals surface area (Å²) in [6.45, 7) is 6.00. The second-order valence-electron chi connectivity index (χ2n) is 4.55. The number of rotatable bonds is 4. The van der Waals surface area contributed by atoms with Gasteiger partial charge in [-0.1, -0.05) is 18.2 Å². The van der Waals surface area contributed by atoms with Gasteiger partial charge in [-0.05, 0) is 26.0 Å². The minimum absolute atomic E-state index is 0.279. The molecule has 0 aliphatic carbocycles. The zero-order valence-corrected chi connectivity index (χ0v) is 11.4. The number of esters is 1. The maximum atomic E-state index is 11.3. The van der Waals surface area contributed by atoms with Gasteiger partial charge in [0.2, 0.25) is 0 Å². The van der Waals surface area contributed by atoms with Crippen molar-refractivity contribution in [2.24, 2.45) is 0 Å². The SMILES string of the molecule is CCOC(=O)/C=C/CN1c2ccccc2NCC1C. The molecule has 1 aromatic carbocycles. The van der Waals surface area contributed by atoms with Gasteiger partial charge in [0.05, 0.1) is 18.0 Å². The second-order valence-corrected chi connectivity index (χ2v) is 4.55. The minimum Gasteiger partial charge on any atom is -0.463 e. The van der Waals surface area contributed by atoms with E-state index in [4.69, 9.17) is 4.74 Å². The molecular formula is C15H20N2O2. The average Bonchev–Trinajstić information content (AvgIpc) is 2.41. The molecule has 19 heavy (non-hydrogen) atoms. The molecule has 1 atom stereocenters. The topological polar surface area (TPSA) is 41.6 Å². The fraction of sp³-hybridized carbons (Fsp3) is 0.400. The van der Waals surface area contributed by atoms with E-state index >= 15 is 0 Å². The van der Waals surface area contributed by atoms with Crippen LogP contribution in [0.25, 0.3) is 0 Å². The van der Waals surface area contributed by atoms with Crippen LogP contribution < -0.4 is 10.2 Å². The van der Waals surface area contributed by atoms with Gasteiger partial charge in [0.25, 0.3) is 0 Å². The Hall–Kier alpha value is -1.97. The third kappa shape index (κ3) is 3.28. The van der Waals surface area contributed by atoms with E-state index < -0.39 is 0 Å². The van der Waals surface area contributed by atoms with Crippen LogP contribution in [0.15, 0.2) is 36.4 Å². The smallest absolute Gasteiger partial charge is 0.330 e. The Morgan fingerprint density at radius 2 is 2.32 bits per heavy atom. The monoisotopic (exact) mass is 260 g/mol. The summed E-state index contributed by atoms with van der Waals surface area (Å²) in [6, 6.07) is 8.61. The summed E-state index contributed by atoms with van der Waals surface area (Å²) < 4.78 is 4.87. The molecular weight excluding hydrogens is 240 g/mol. The van der Waals surface area contributed by atoms with Crippen molar-refractivity contribution < 1.29 is 9.53 Å². The number of benzene rings is 1. The van der Waals surface area contributed by atoms with Crippen LogP contribution in [0.4, 0.5) is 11.4 Å². The number of carbonyl (C=O) groups is 1. The van der Waals surface area contributed by atoms with Gasteiger partial charge in [-0.2, -0.15) is 0 Å². The number of hydrogen-bond acceptors (Lipinski definition) is 4. The van der Waals surface area contributed by atoms with Crippen molar-refractivity contribution in [3.05, 3.63) is 36.4 Å². The Morgan fingerprint density at radius 1 is 1.53 bits per heavy atom. The highest BCUT2D eigenvalue weighted by Crippen LogP contribution is 2.30. The number of hydrogen-bond donors (Lipinski definition) is 1. The third-order valence-electron chi connectivity index (χ3n) is 3.18. The number of fused-ring (bicyclic) bond motifs is 1. The lowest BCUT2D eigenvalue weighted by atomic mass is 10.1. The van der Waals surface area contributed by atoms with E-state index in [2.05, 4.69) is 29.3 Å². The molecule has 0 spiro atoms. The number of para-hydroxylation sites is 2. The first-order valence-electron chi connectivity index (χ1n) is 6.65. The summed E-state index contributed by atoms with van der Waals surface area (Å²) in [5.41, 5.74) is 2.32.